The molecule has 2 aliphatic rings. The highest BCUT2D eigenvalue weighted by molar-refractivity contribution is 5.38. The summed E-state index contributed by atoms with van der Waals surface area (Å²) in [6, 6.07) is 5.96. The summed E-state index contributed by atoms with van der Waals surface area (Å²) in [5, 5.41) is 0. The van der Waals surface area contributed by atoms with Crippen molar-refractivity contribution in [3.63, 3.8) is 0 Å². The van der Waals surface area contributed by atoms with E-state index in [1.165, 1.54) is 25.5 Å². The van der Waals surface area contributed by atoms with Crippen molar-refractivity contribution >= 4 is 0 Å². The van der Waals surface area contributed by atoms with Crippen molar-refractivity contribution in [1.29, 1.82) is 0 Å². The Morgan fingerprint density at radius 1 is 1.29 bits per heavy atom. The summed E-state index contributed by atoms with van der Waals surface area (Å²) in [4.78, 5) is 5.07. The fourth-order valence-corrected chi connectivity index (χ4v) is 3.37. The minimum atomic E-state index is -0.264. The quantitative estimate of drug-likeness (QED) is 0.835. The lowest BCUT2D eigenvalue weighted by molar-refractivity contribution is 0.0993. The van der Waals surface area contributed by atoms with Gasteiger partial charge in [-0.15, -0.1) is 0 Å². The minimum Gasteiger partial charge on any atom is -0.320 e. The highest BCUT2D eigenvalue weighted by Crippen LogP contribution is 2.22. The molecule has 0 saturated carbocycles. The average molecular weight is 287 g/mol. The summed E-state index contributed by atoms with van der Waals surface area (Å²) < 4.78 is 13.7. The lowest BCUT2D eigenvalue weighted by Gasteiger charge is -2.37. The van der Waals surface area contributed by atoms with Gasteiger partial charge < -0.3 is 5.73 Å². The van der Waals surface area contributed by atoms with Crippen LogP contribution in [0.5, 0.6) is 0 Å². The molecule has 2 fully saturated rings. The van der Waals surface area contributed by atoms with Gasteiger partial charge in [-0.05, 0) is 37.1 Å². The molecule has 0 aromatic heterocycles. The summed E-state index contributed by atoms with van der Waals surface area (Å²) in [5.74, 6) is 5.27. The molecule has 2 saturated heterocycles. The van der Waals surface area contributed by atoms with Crippen molar-refractivity contribution in [1.82, 2.24) is 9.80 Å². The number of rotatable bonds is 2. The zero-order chi connectivity index (χ0) is 14.7. The Morgan fingerprint density at radius 2 is 2.19 bits per heavy atom. The maximum atomic E-state index is 13.7. The van der Waals surface area contributed by atoms with Crippen LogP contribution < -0.4 is 5.73 Å². The zero-order valence-corrected chi connectivity index (χ0v) is 12.3. The molecule has 0 aliphatic carbocycles. The van der Waals surface area contributed by atoms with Crippen LogP contribution in [0, 0.1) is 17.7 Å². The van der Waals surface area contributed by atoms with Crippen LogP contribution in [0.2, 0.25) is 0 Å². The van der Waals surface area contributed by atoms with Crippen molar-refractivity contribution in [3.8, 4) is 11.8 Å². The van der Waals surface area contributed by atoms with Gasteiger partial charge in [-0.3, -0.25) is 9.80 Å². The Balaban J connectivity index is 1.67. The molecule has 2 aliphatic heterocycles. The molecule has 0 bridgehead atoms. The molecule has 1 atom stereocenters. The van der Waals surface area contributed by atoms with Crippen molar-refractivity contribution < 1.29 is 4.39 Å². The Labute approximate surface area is 125 Å². The number of halogens is 1. The van der Waals surface area contributed by atoms with Crippen molar-refractivity contribution in [2.75, 3.05) is 32.7 Å². The van der Waals surface area contributed by atoms with E-state index in [1.54, 1.807) is 0 Å². The van der Waals surface area contributed by atoms with Crippen LogP contribution in [0.3, 0.4) is 0 Å². The normalized spacial score (nSPS) is 22.7. The molecule has 1 aromatic carbocycles. The Kier molecular flexibility index (Phi) is 4.54. The third-order valence-corrected chi connectivity index (χ3v) is 4.43. The third kappa shape index (κ3) is 3.44. The number of nitrogens with two attached hydrogens (primary N) is 1. The first-order chi connectivity index (χ1) is 10.3. The maximum Gasteiger partial charge on any atom is 0.138 e. The number of benzene rings is 1. The molecule has 4 heteroatoms. The van der Waals surface area contributed by atoms with Crippen LogP contribution in [-0.4, -0.2) is 48.6 Å². The van der Waals surface area contributed by atoms with Crippen molar-refractivity contribution in [2.45, 2.75) is 25.4 Å². The molecular weight excluding hydrogens is 265 g/mol. The molecule has 2 N–H and O–H groups in total. The number of nitrogens with zero attached hydrogens (tertiary/aromatic N) is 2. The van der Waals surface area contributed by atoms with Crippen LogP contribution in [0.1, 0.15) is 24.0 Å². The molecule has 0 radical (unpaired) electrons. The second kappa shape index (κ2) is 6.57. The third-order valence-electron chi connectivity index (χ3n) is 4.43. The first-order valence-corrected chi connectivity index (χ1v) is 7.70. The zero-order valence-electron chi connectivity index (χ0n) is 12.3. The molecule has 3 nitrogen and oxygen atoms in total. The number of fused-ring (bicyclic) bond motifs is 1. The van der Waals surface area contributed by atoms with Gasteiger partial charge in [0.1, 0.15) is 5.82 Å². The highest BCUT2D eigenvalue weighted by atomic mass is 19.1. The van der Waals surface area contributed by atoms with Crippen LogP contribution in [0.25, 0.3) is 0 Å². The van der Waals surface area contributed by atoms with Gasteiger partial charge in [0.25, 0.3) is 0 Å². The fourth-order valence-electron chi connectivity index (χ4n) is 3.37. The predicted octanol–water partition coefficient (Wildman–Crippen LogP) is 1.42. The van der Waals surface area contributed by atoms with Crippen LogP contribution in [0.4, 0.5) is 4.39 Å². The second-order valence-electron chi connectivity index (χ2n) is 5.89. The first-order valence-electron chi connectivity index (χ1n) is 7.70. The summed E-state index contributed by atoms with van der Waals surface area (Å²) in [6.45, 7) is 5.77. The average Bonchev–Trinajstić information content (AvgIpc) is 2.95. The van der Waals surface area contributed by atoms with E-state index < -0.39 is 0 Å². The summed E-state index contributed by atoms with van der Waals surface area (Å²) >= 11 is 0. The second-order valence-corrected chi connectivity index (χ2v) is 5.89. The number of hydrogen-bond donors (Lipinski definition) is 1. The van der Waals surface area contributed by atoms with Gasteiger partial charge in [0, 0.05) is 32.2 Å². The molecule has 3 rings (SSSR count). The summed E-state index contributed by atoms with van der Waals surface area (Å²) in [6.07, 6.45) is 2.64. The maximum absolute atomic E-state index is 13.7. The van der Waals surface area contributed by atoms with Gasteiger partial charge >= 0.3 is 0 Å². The fraction of sp³-hybridized carbons (Fsp3) is 0.529. The first kappa shape index (κ1) is 14.5. The number of hydrogen-bond acceptors (Lipinski definition) is 3. The largest absolute Gasteiger partial charge is 0.320 e. The summed E-state index contributed by atoms with van der Waals surface area (Å²) in [7, 11) is 0. The topological polar surface area (TPSA) is 32.5 Å². The van der Waals surface area contributed by atoms with Crippen molar-refractivity contribution in [2.24, 2.45) is 5.73 Å². The number of piperazine rings is 1. The van der Waals surface area contributed by atoms with E-state index in [9.17, 15) is 4.39 Å². The molecule has 0 amide bonds. The summed E-state index contributed by atoms with van der Waals surface area (Å²) in [5.41, 5.74) is 6.94. The van der Waals surface area contributed by atoms with Crippen LogP contribution in [0.15, 0.2) is 18.2 Å². The molecule has 1 aromatic rings. The lowest BCUT2D eigenvalue weighted by atomic mass is 10.1. The van der Waals surface area contributed by atoms with Gasteiger partial charge in [-0.25, -0.2) is 4.39 Å². The highest BCUT2D eigenvalue weighted by Gasteiger charge is 2.30. The monoisotopic (exact) mass is 287 g/mol. The Morgan fingerprint density at radius 3 is 3.05 bits per heavy atom. The van der Waals surface area contributed by atoms with Gasteiger partial charge in [-0.1, -0.05) is 17.9 Å². The molecular formula is C17H22FN3. The lowest BCUT2D eigenvalue weighted by Crippen LogP contribution is -2.49. The Hall–Kier alpha value is -1.41. The van der Waals surface area contributed by atoms with Crippen molar-refractivity contribution in [3.05, 3.63) is 35.1 Å². The smallest absolute Gasteiger partial charge is 0.138 e. The van der Waals surface area contributed by atoms with E-state index in [4.69, 9.17) is 5.73 Å². The molecule has 112 valence electrons. The van der Waals surface area contributed by atoms with E-state index in [2.05, 4.69) is 21.6 Å². The van der Waals surface area contributed by atoms with Gasteiger partial charge in [0.2, 0.25) is 0 Å². The van der Waals surface area contributed by atoms with E-state index >= 15 is 0 Å². The van der Waals surface area contributed by atoms with Gasteiger partial charge in [-0.2, -0.15) is 0 Å². The van der Waals surface area contributed by atoms with E-state index in [0.29, 0.717) is 5.56 Å². The van der Waals surface area contributed by atoms with E-state index in [0.717, 1.165) is 37.8 Å². The minimum absolute atomic E-state index is 0.257. The van der Waals surface area contributed by atoms with Gasteiger partial charge in [0.05, 0.1) is 12.1 Å². The van der Waals surface area contributed by atoms with Gasteiger partial charge in [0.15, 0.2) is 0 Å². The molecule has 0 spiro atoms. The van der Waals surface area contributed by atoms with Crippen LogP contribution in [-0.2, 0) is 6.54 Å². The standard InChI is InChI=1S/C17H22FN3/c18-17-6-5-14(11-15(17)3-1-7-19)12-20-9-10-21-8-2-4-16(21)13-20/h5-6,11,16H,2,4,7-10,12-13,19H2. The molecule has 2 heterocycles. The predicted molar refractivity (Wildman–Crippen MR) is 82.2 cm³/mol. The SMILES string of the molecule is NCC#Cc1cc(CN2CCN3CCCC3C2)ccc1F. The Bertz CT molecular complexity index is 561. The molecule has 21 heavy (non-hydrogen) atoms. The molecule has 1 unspecified atom stereocenters. The van der Waals surface area contributed by atoms with Crippen LogP contribution >= 0.6 is 0 Å². The van der Waals surface area contributed by atoms with E-state index in [1.807, 2.05) is 12.1 Å². The van der Waals surface area contributed by atoms with E-state index in [-0.39, 0.29) is 12.4 Å².